The highest BCUT2D eigenvalue weighted by atomic mass is 32.1. The van der Waals surface area contributed by atoms with Crippen LogP contribution in [0.2, 0.25) is 0 Å². The van der Waals surface area contributed by atoms with Gasteiger partial charge >= 0.3 is 0 Å². The molecule has 0 spiro atoms. The molecule has 5 heteroatoms. The van der Waals surface area contributed by atoms with Crippen LogP contribution >= 0.6 is 11.3 Å². The number of rotatable bonds is 3. The van der Waals surface area contributed by atoms with Gasteiger partial charge in [0.1, 0.15) is 9.88 Å². The van der Waals surface area contributed by atoms with E-state index in [-0.39, 0.29) is 11.9 Å². The number of aromatic nitrogens is 1. The Hall–Kier alpha value is -1.72. The van der Waals surface area contributed by atoms with Gasteiger partial charge in [-0.15, -0.1) is 11.3 Å². The van der Waals surface area contributed by atoms with E-state index in [4.69, 9.17) is 5.73 Å². The van der Waals surface area contributed by atoms with Gasteiger partial charge in [-0.25, -0.2) is 4.98 Å². The number of nitrogens with two attached hydrogens (primary N) is 1. The summed E-state index contributed by atoms with van der Waals surface area (Å²) in [4.78, 5) is 19.8. The van der Waals surface area contributed by atoms with Gasteiger partial charge in [0.2, 0.25) is 0 Å². The van der Waals surface area contributed by atoms with Crippen LogP contribution in [0.15, 0.2) is 24.3 Å². The molecule has 0 unspecified atom stereocenters. The van der Waals surface area contributed by atoms with Crippen LogP contribution in [-0.2, 0) is 6.42 Å². The zero-order valence-corrected chi connectivity index (χ0v) is 13.8. The number of hydrogen-bond acceptors (Lipinski definition) is 4. The summed E-state index contributed by atoms with van der Waals surface area (Å²) in [6.07, 6.45) is 1.91. The maximum absolute atomic E-state index is 12.6. The zero-order chi connectivity index (χ0) is 15.7. The first-order valence-corrected chi connectivity index (χ1v) is 8.51. The van der Waals surface area contributed by atoms with Gasteiger partial charge in [-0.05, 0) is 25.3 Å². The van der Waals surface area contributed by atoms with Crippen LogP contribution < -0.4 is 5.73 Å². The Kier molecular flexibility index (Phi) is 4.27. The number of benzene rings is 1. The van der Waals surface area contributed by atoms with Gasteiger partial charge in [-0.1, -0.05) is 31.2 Å². The number of likely N-dealkylation sites (tertiary alicyclic amines) is 1. The molecule has 1 atom stereocenters. The summed E-state index contributed by atoms with van der Waals surface area (Å²) in [5.41, 5.74) is 9.08. The van der Waals surface area contributed by atoms with E-state index in [1.807, 2.05) is 11.8 Å². The third kappa shape index (κ3) is 2.91. The van der Waals surface area contributed by atoms with Crippen LogP contribution in [0.25, 0.3) is 10.6 Å². The Labute approximate surface area is 135 Å². The normalized spacial score (nSPS) is 18.0. The van der Waals surface area contributed by atoms with E-state index in [1.165, 1.54) is 16.9 Å². The minimum Gasteiger partial charge on any atom is -0.336 e. The molecule has 1 aromatic carbocycles. The van der Waals surface area contributed by atoms with Crippen LogP contribution in [0.3, 0.4) is 0 Å². The standard InChI is InChI=1S/C17H21N3OS/c1-3-12-4-6-13(7-5-12)16-19-11(2)15(22-16)17(21)20-9-8-14(18)10-20/h4-7,14H,3,8-10,18H2,1-2H3/t14-/m0/s1. The molecule has 1 saturated heterocycles. The summed E-state index contributed by atoms with van der Waals surface area (Å²) in [6.45, 7) is 5.44. The van der Waals surface area contributed by atoms with Crippen molar-refractivity contribution >= 4 is 17.2 Å². The number of amides is 1. The predicted octanol–water partition coefficient (Wildman–Crippen LogP) is 2.85. The summed E-state index contributed by atoms with van der Waals surface area (Å²) >= 11 is 1.48. The number of carbonyl (C=O) groups is 1. The molecule has 1 aliphatic heterocycles. The van der Waals surface area contributed by atoms with E-state index in [2.05, 4.69) is 36.2 Å². The predicted molar refractivity (Wildman–Crippen MR) is 90.2 cm³/mol. The first-order valence-electron chi connectivity index (χ1n) is 7.70. The smallest absolute Gasteiger partial charge is 0.265 e. The van der Waals surface area contributed by atoms with Crippen molar-refractivity contribution < 1.29 is 4.79 Å². The van der Waals surface area contributed by atoms with E-state index in [1.54, 1.807) is 0 Å². The third-order valence-electron chi connectivity index (χ3n) is 4.11. The number of carbonyl (C=O) groups excluding carboxylic acids is 1. The van der Waals surface area contributed by atoms with Crippen LogP contribution in [0.1, 0.15) is 34.3 Å². The second kappa shape index (κ2) is 6.18. The van der Waals surface area contributed by atoms with Crippen molar-refractivity contribution in [2.75, 3.05) is 13.1 Å². The second-order valence-electron chi connectivity index (χ2n) is 5.78. The number of aryl methyl sites for hydroxylation is 2. The average molecular weight is 315 g/mol. The van der Waals surface area contributed by atoms with E-state index in [0.29, 0.717) is 6.54 Å². The van der Waals surface area contributed by atoms with Crippen LogP contribution in [0.4, 0.5) is 0 Å². The average Bonchev–Trinajstić information content (AvgIpc) is 3.13. The fraction of sp³-hybridized carbons (Fsp3) is 0.412. The fourth-order valence-electron chi connectivity index (χ4n) is 2.72. The lowest BCUT2D eigenvalue weighted by Crippen LogP contribution is -2.31. The lowest BCUT2D eigenvalue weighted by molar-refractivity contribution is 0.0794. The Morgan fingerprint density at radius 2 is 2.14 bits per heavy atom. The molecule has 0 saturated carbocycles. The lowest BCUT2D eigenvalue weighted by Gasteiger charge is -2.14. The van der Waals surface area contributed by atoms with Gasteiger partial charge in [0.15, 0.2) is 0 Å². The summed E-state index contributed by atoms with van der Waals surface area (Å²) in [5.74, 6) is 0.0689. The molecular weight excluding hydrogens is 294 g/mol. The Balaban J connectivity index is 1.85. The van der Waals surface area contributed by atoms with Gasteiger partial charge in [-0.2, -0.15) is 0 Å². The number of nitrogens with zero attached hydrogens (tertiary/aromatic N) is 2. The second-order valence-corrected chi connectivity index (χ2v) is 6.78. The SMILES string of the molecule is CCc1ccc(-c2nc(C)c(C(=O)N3CC[C@H](N)C3)s2)cc1. The third-order valence-corrected chi connectivity index (χ3v) is 5.31. The van der Waals surface area contributed by atoms with E-state index in [9.17, 15) is 4.79 Å². The largest absolute Gasteiger partial charge is 0.336 e. The quantitative estimate of drug-likeness (QED) is 0.947. The molecule has 0 radical (unpaired) electrons. The van der Waals surface area contributed by atoms with Crippen molar-refractivity contribution in [1.82, 2.24) is 9.88 Å². The molecule has 116 valence electrons. The van der Waals surface area contributed by atoms with Gasteiger partial charge < -0.3 is 10.6 Å². The maximum atomic E-state index is 12.6. The molecule has 1 aromatic heterocycles. The van der Waals surface area contributed by atoms with E-state index < -0.39 is 0 Å². The number of thiazole rings is 1. The van der Waals surface area contributed by atoms with Crippen molar-refractivity contribution in [1.29, 1.82) is 0 Å². The summed E-state index contributed by atoms with van der Waals surface area (Å²) < 4.78 is 0. The highest BCUT2D eigenvalue weighted by Crippen LogP contribution is 2.29. The highest BCUT2D eigenvalue weighted by molar-refractivity contribution is 7.17. The fourth-order valence-corrected chi connectivity index (χ4v) is 3.76. The van der Waals surface area contributed by atoms with Crippen LogP contribution in [0, 0.1) is 6.92 Å². The molecule has 2 heterocycles. The van der Waals surface area contributed by atoms with Crippen molar-refractivity contribution in [2.24, 2.45) is 5.73 Å². The Morgan fingerprint density at radius 1 is 1.41 bits per heavy atom. The van der Waals surface area contributed by atoms with Crippen molar-refractivity contribution in [3.8, 4) is 10.6 Å². The Bertz CT molecular complexity index is 678. The summed E-state index contributed by atoms with van der Waals surface area (Å²) in [7, 11) is 0. The van der Waals surface area contributed by atoms with E-state index >= 15 is 0 Å². The zero-order valence-electron chi connectivity index (χ0n) is 13.0. The summed E-state index contributed by atoms with van der Waals surface area (Å²) in [6, 6.07) is 8.51. The molecular formula is C17H21N3OS. The molecule has 22 heavy (non-hydrogen) atoms. The molecule has 4 nitrogen and oxygen atoms in total. The molecule has 1 fully saturated rings. The topological polar surface area (TPSA) is 59.2 Å². The molecule has 0 bridgehead atoms. The first-order chi connectivity index (χ1) is 10.6. The Morgan fingerprint density at radius 3 is 2.73 bits per heavy atom. The molecule has 2 aromatic rings. The van der Waals surface area contributed by atoms with Gasteiger partial charge in [0.25, 0.3) is 5.91 Å². The van der Waals surface area contributed by atoms with E-state index in [0.717, 1.165) is 40.5 Å². The van der Waals surface area contributed by atoms with Crippen LogP contribution in [-0.4, -0.2) is 34.9 Å². The summed E-state index contributed by atoms with van der Waals surface area (Å²) in [5, 5.41) is 0.909. The monoisotopic (exact) mass is 315 g/mol. The maximum Gasteiger partial charge on any atom is 0.265 e. The molecule has 0 aliphatic carbocycles. The minimum absolute atomic E-state index is 0.0689. The highest BCUT2D eigenvalue weighted by Gasteiger charge is 2.27. The molecule has 1 amide bonds. The first kappa shape index (κ1) is 15.2. The van der Waals surface area contributed by atoms with Crippen LogP contribution in [0.5, 0.6) is 0 Å². The molecule has 1 aliphatic rings. The molecule has 3 rings (SSSR count). The molecule has 2 N–H and O–H groups in total. The number of hydrogen-bond donors (Lipinski definition) is 1. The lowest BCUT2D eigenvalue weighted by atomic mass is 10.1. The van der Waals surface area contributed by atoms with Gasteiger partial charge in [0, 0.05) is 24.7 Å². The minimum atomic E-state index is 0.0689. The van der Waals surface area contributed by atoms with Gasteiger partial charge in [0.05, 0.1) is 5.69 Å². The van der Waals surface area contributed by atoms with Crippen molar-refractivity contribution in [3.63, 3.8) is 0 Å². The van der Waals surface area contributed by atoms with Crippen molar-refractivity contribution in [2.45, 2.75) is 32.7 Å². The van der Waals surface area contributed by atoms with Gasteiger partial charge in [-0.3, -0.25) is 4.79 Å². The van der Waals surface area contributed by atoms with Crippen molar-refractivity contribution in [3.05, 3.63) is 40.4 Å².